The number of rotatable bonds is 6. The Bertz CT molecular complexity index is 803. The van der Waals surface area contributed by atoms with Crippen molar-refractivity contribution in [2.24, 2.45) is 5.92 Å². The lowest BCUT2D eigenvalue weighted by Gasteiger charge is -2.33. The highest BCUT2D eigenvalue weighted by molar-refractivity contribution is 5.79. The average Bonchev–Trinajstić information content (AvgIpc) is 2.70. The molecule has 1 saturated heterocycles. The van der Waals surface area contributed by atoms with Crippen molar-refractivity contribution in [3.63, 3.8) is 0 Å². The molecule has 1 fully saturated rings. The number of carbonyl (C=O) groups excluding carboxylic acids is 1. The molecule has 0 saturated carbocycles. The molecule has 1 aliphatic rings. The zero-order valence-corrected chi connectivity index (χ0v) is 17.2. The molecule has 4 heteroatoms. The van der Waals surface area contributed by atoms with Gasteiger partial charge in [0, 0.05) is 13.1 Å². The van der Waals surface area contributed by atoms with Crippen molar-refractivity contribution in [3.05, 3.63) is 70.5 Å². The van der Waals surface area contributed by atoms with E-state index in [1.54, 1.807) is 0 Å². The van der Waals surface area contributed by atoms with E-state index in [1.165, 1.54) is 28.8 Å². The highest BCUT2D eigenvalue weighted by atomic mass is 19.1. The summed E-state index contributed by atoms with van der Waals surface area (Å²) in [5.74, 6) is -0.0553. The van der Waals surface area contributed by atoms with Crippen LogP contribution in [-0.4, -0.2) is 23.9 Å². The van der Waals surface area contributed by atoms with Gasteiger partial charge in [0.15, 0.2) is 0 Å². The second kappa shape index (κ2) is 9.33. The van der Waals surface area contributed by atoms with Crippen molar-refractivity contribution >= 4 is 5.91 Å². The maximum absolute atomic E-state index is 13.1. The molecule has 2 aromatic carbocycles. The van der Waals surface area contributed by atoms with Crippen LogP contribution in [-0.2, 0) is 11.3 Å². The molecular weight excluding hydrogens is 351 g/mol. The van der Waals surface area contributed by atoms with E-state index < -0.39 is 0 Å². The Kier molecular flexibility index (Phi) is 6.84. The third-order valence-electron chi connectivity index (χ3n) is 5.85. The number of likely N-dealkylation sites (tertiary alicyclic amines) is 1. The van der Waals surface area contributed by atoms with Crippen LogP contribution in [0.1, 0.15) is 54.5 Å². The van der Waals surface area contributed by atoms with E-state index in [0.29, 0.717) is 0 Å². The van der Waals surface area contributed by atoms with Crippen molar-refractivity contribution in [3.8, 4) is 0 Å². The predicted octanol–water partition coefficient (Wildman–Crippen LogP) is 4.92. The molecule has 0 bridgehead atoms. The predicted molar refractivity (Wildman–Crippen MR) is 111 cm³/mol. The monoisotopic (exact) mass is 382 g/mol. The molecule has 0 aromatic heterocycles. The molecule has 0 radical (unpaired) electrons. The van der Waals surface area contributed by atoms with Gasteiger partial charge in [0.1, 0.15) is 5.82 Å². The third-order valence-corrected chi connectivity index (χ3v) is 5.85. The molecule has 3 nitrogen and oxygen atoms in total. The Morgan fingerprint density at radius 2 is 1.93 bits per heavy atom. The van der Waals surface area contributed by atoms with E-state index in [-0.39, 0.29) is 23.7 Å². The van der Waals surface area contributed by atoms with Gasteiger partial charge in [0.25, 0.3) is 0 Å². The summed E-state index contributed by atoms with van der Waals surface area (Å²) in [6.07, 6.45) is 2.81. The maximum atomic E-state index is 13.1. The molecule has 28 heavy (non-hydrogen) atoms. The average molecular weight is 383 g/mol. The summed E-state index contributed by atoms with van der Waals surface area (Å²) in [5, 5.41) is 3.28. The van der Waals surface area contributed by atoms with Gasteiger partial charge in [-0.1, -0.05) is 37.3 Å². The first-order valence-corrected chi connectivity index (χ1v) is 10.3. The second-order valence-corrected chi connectivity index (χ2v) is 8.01. The fourth-order valence-corrected chi connectivity index (χ4v) is 3.95. The van der Waals surface area contributed by atoms with Gasteiger partial charge in [-0.25, -0.2) is 4.39 Å². The molecule has 1 heterocycles. The zero-order valence-electron chi connectivity index (χ0n) is 17.2. The topological polar surface area (TPSA) is 32.3 Å². The molecule has 0 unspecified atom stereocenters. The number of benzene rings is 2. The molecule has 2 atom stereocenters. The third kappa shape index (κ3) is 5.20. The van der Waals surface area contributed by atoms with Gasteiger partial charge in [-0.2, -0.15) is 0 Å². The van der Waals surface area contributed by atoms with Gasteiger partial charge in [-0.05, 0) is 74.0 Å². The number of piperidine rings is 1. The number of carbonyl (C=O) groups is 1. The SMILES string of the molecule is CC[C@@H](NC(=O)[C@H]1CCCN(Cc2ccc(F)cc2)C1)c1ccc(C)c(C)c1. The Labute approximate surface area is 167 Å². The lowest BCUT2D eigenvalue weighted by molar-refractivity contribution is -0.127. The van der Waals surface area contributed by atoms with E-state index in [0.717, 1.165) is 44.5 Å². The Hall–Kier alpha value is -2.20. The number of nitrogens with one attached hydrogen (secondary N) is 1. The van der Waals surface area contributed by atoms with Crippen LogP contribution in [0.3, 0.4) is 0 Å². The van der Waals surface area contributed by atoms with Crippen LogP contribution >= 0.6 is 0 Å². The molecular formula is C24H31FN2O. The lowest BCUT2D eigenvalue weighted by atomic mass is 9.94. The fourth-order valence-electron chi connectivity index (χ4n) is 3.95. The summed E-state index contributed by atoms with van der Waals surface area (Å²) in [6.45, 7) is 8.83. The highest BCUT2D eigenvalue weighted by Crippen LogP contribution is 2.23. The first-order chi connectivity index (χ1) is 13.5. The van der Waals surface area contributed by atoms with Crippen molar-refractivity contribution in [2.45, 2.75) is 52.6 Å². The van der Waals surface area contributed by atoms with E-state index in [2.05, 4.69) is 49.2 Å². The highest BCUT2D eigenvalue weighted by Gasteiger charge is 2.27. The van der Waals surface area contributed by atoms with Gasteiger partial charge in [-0.15, -0.1) is 0 Å². The minimum absolute atomic E-state index is 0.00907. The number of nitrogens with zero attached hydrogens (tertiary/aromatic N) is 1. The van der Waals surface area contributed by atoms with Crippen LogP contribution in [0.15, 0.2) is 42.5 Å². The molecule has 0 spiro atoms. The Morgan fingerprint density at radius 1 is 1.18 bits per heavy atom. The number of hydrogen-bond acceptors (Lipinski definition) is 2. The van der Waals surface area contributed by atoms with Crippen LogP contribution in [0.25, 0.3) is 0 Å². The van der Waals surface area contributed by atoms with Crippen LogP contribution in [0.2, 0.25) is 0 Å². The van der Waals surface area contributed by atoms with Crippen molar-refractivity contribution < 1.29 is 9.18 Å². The first kappa shape index (κ1) is 20.5. The van der Waals surface area contributed by atoms with Gasteiger partial charge < -0.3 is 5.32 Å². The van der Waals surface area contributed by atoms with Crippen LogP contribution in [0, 0.1) is 25.6 Å². The fraction of sp³-hybridized carbons (Fsp3) is 0.458. The van der Waals surface area contributed by atoms with Crippen molar-refractivity contribution in [1.82, 2.24) is 10.2 Å². The number of halogens is 1. The normalized spacial score (nSPS) is 18.6. The number of aryl methyl sites for hydroxylation is 2. The lowest BCUT2D eigenvalue weighted by Crippen LogP contribution is -2.43. The molecule has 3 rings (SSSR count). The summed E-state index contributed by atoms with van der Waals surface area (Å²) in [7, 11) is 0. The van der Waals surface area contributed by atoms with Gasteiger partial charge in [0.2, 0.25) is 5.91 Å². The zero-order chi connectivity index (χ0) is 20.1. The summed E-state index contributed by atoms with van der Waals surface area (Å²) in [5.41, 5.74) is 4.80. The molecule has 2 aromatic rings. The van der Waals surface area contributed by atoms with Crippen molar-refractivity contribution in [2.75, 3.05) is 13.1 Å². The first-order valence-electron chi connectivity index (χ1n) is 10.3. The van der Waals surface area contributed by atoms with Gasteiger partial charge >= 0.3 is 0 Å². The minimum Gasteiger partial charge on any atom is -0.349 e. The van der Waals surface area contributed by atoms with Gasteiger partial charge in [-0.3, -0.25) is 9.69 Å². The Balaban J connectivity index is 1.60. The van der Waals surface area contributed by atoms with Crippen LogP contribution in [0.5, 0.6) is 0 Å². The van der Waals surface area contributed by atoms with Crippen molar-refractivity contribution in [1.29, 1.82) is 0 Å². The molecule has 1 amide bonds. The molecule has 1 aliphatic heterocycles. The number of hydrogen-bond donors (Lipinski definition) is 1. The standard InChI is InChI=1S/C24H31FN2O/c1-4-23(20-10-7-17(2)18(3)14-20)26-24(28)21-6-5-13-27(16-21)15-19-8-11-22(25)12-9-19/h7-12,14,21,23H,4-6,13,15-16H2,1-3H3,(H,26,28)/t21-,23+/m0/s1. The summed E-state index contributed by atoms with van der Waals surface area (Å²) >= 11 is 0. The largest absolute Gasteiger partial charge is 0.349 e. The molecule has 1 N–H and O–H groups in total. The second-order valence-electron chi connectivity index (χ2n) is 8.01. The quantitative estimate of drug-likeness (QED) is 0.769. The van der Waals surface area contributed by atoms with E-state index in [9.17, 15) is 9.18 Å². The maximum Gasteiger partial charge on any atom is 0.224 e. The smallest absolute Gasteiger partial charge is 0.224 e. The molecule has 150 valence electrons. The van der Waals surface area contributed by atoms with Gasteiger partial charge in [0.05, 0.1) is 12.0 Å². The van der Waals surface area contributed by atoms with E-state index in [4.69, 9.17) is 0 Å². The van der Waals surface area contributed by atoms with Crippen LogP contribution in [0.4, 0.5) is 4.39 Å². The van der Waals surface area contributed by atoms with E-state index in [1.807, 2.05) is 12.1 Å². The minimum atomic E-state index is -0.211. The Morgan fingerprint density at radius 3 is 2.61 bits per heavy atom. The van der Waals surface area contributed by atoms with E-state index >= 15 is 0 Å². The number of amides is 1. The summed E-state index contributed by atoms with van der Waals surface area (Å²) in [6, 6.07) is 13.1. The summed E-state index contributed by atoms with van der Waals surface area (Å²) in [4.78, 5) is 15.3. The summed E-state index contributed by atoms with van der Waals surface area (Å²) < 4.78 is 13.1. The van der Waals surface area contributed by atoms with Crippen LogP contribution < -0.4 is 5.32 Å². The molecule has 0 aliphatic carbocycles.